The number of carbonyl (C=O) groups is 1. The van der Waals surface area contributed by atoms with E-state index in [1.165, 1.54) is 11.8 Å². The summed E-state index contributed by atoms with van der Waals surface area (Å²) in [6, 6.07) is 12.7. The number of nitrogen functional groups attached to an aromatic ring is 1. The minimum Gasteiger partial charge on any atom is -0.399 e. The number of anilines is 2. The number of nitrogens with one attached hydrogen (secondary N) is 1. The summed E-state index contributed by atoms with van der Waals surface area (Å²) >= 11 is 10.8. The molecular formula is C14H12BrClN2OS. The quantitative estimate of drug-likeness (QED) is 0.618. The van der Waals surface area contributed by atoms with Crippen LogP contribution in [0, 0.1) is 0 Å². The number of rotatable bonds is 4. The van der Waals surface area contributed by atoms with Gasteiger partial charge in [-0.2, -0.15) is 0 Å². The fourth-order valence-corrected chi connectivity index (χ4v) is 3.00. The van der Waals surface area contributed by atoms with Crippen LogP contribution in [0.2, 0.25) is 5.02 Å². The van der Waals surface area contributed by atoms with Crippen molar-refractivity contribution < 1.29 is 4.79 Å². The highest BCUT2D eigenvalue weighted by Crippen LogP contribution is 2.29. The lowest BCUT2D eigenvalue weighted by Crippen LogP contribution is -2.13. The number of thioether (sulfide) groups is 1. The predicted octanol–water partition coefficient (Wildman–Crippen LogP) is 4.42. The molecule has 0 bridgehead atoms. The fraction of sp³-hybridized carbons (Fsp3) is 0.0714. The number of hydrogen-bond acceptors (Lipinski definition) is 3. The summed E-state index contributed by atoms with van der Waals surface area (Å²) in [6.07, 6.45) is 0. The predicted molar refractivity (Wildman–Crippen MR) is 89.4 cm³/mol. The van der Waals surface area contributed by atoms with E-state index in [9.17, 15) is 4.79 Å². The molecule has 0 heterocycles. The van der Waals surface area contributed by atoms with E-state index in [-0.39, 0.29) is 11.7 Å². The Balaban J connectivity index is 1.94. The van der Waals surface area contributed by atoms with Gasteiger partial charge in [0, 0.05) is 20.7 Å². The molecule has 0 unspecified atom stereocenters. The van der Waals surface area contributed by atoms with Crippen LogP contribution in [0.25, 0.3) is 0 Å². The van der Waals surface area contributed by atoms with Gasteiger partial charge in [0.05, 0.1) is 10.8 Å². The van der Waals surface area contributed by atoms with Gasteiger partial charge < -0.3 is 11.1 Å². The molecule has 3 N–H and O–H groups in total. The van der Waals surface area contributed by atoms with Gasteiger partial charge in [0.2, 0.25) is 5.91 Å². The van der Waals surface area contributed by atoms with E-state index >= 15 is 0 Å². The third kappa shape index (κ3) is 4.44. The van der Waals surface area contributed by atoms with Gasteiger partial charge in [-0.3, -0.25) is 4.79 Å². The maximum Gasteiger partial charge on any atom is 0.234 e. The van der Waals surface area contributed by atoms with Crippen LogP contribution < -0.4 is 11.1 Å². The lowest BCUT2D eigenvalue weighted by Gasteiger charge is -2.07. The van der Waals surface area contributed by atoms with E-state index in [0.717, 1.165) is 15.1 Å². The highest BCUT2D eigenvalue weighted by Gasteiger charge is 2.07. The van der Waals surface area contributed by atoms with Crippen molar-refractivity contribution in [3.05, 3.63) is 52.0 Å². The van der Waals surface area contributed by atoms with Crippen molar-refractivity contribution >= 4 is 56.6 Å². The van der Waals surface area contributed by atoms with Gasteiger partial charge in [0.25, 0.3) is 0 Å². The molecule has 0 aliphatic rings. The molecule has 20 heavy (non-hydrogen) atoms. The summed E-state index contributed by atoms with van der Waals surface area (Å²) in [7, 11) is 0. The first-order chi connectivity index (χ1) is 9.54. The Kier molecular flexibility index (Phi) is 5.34. The summed E-state index contributed by atoms with van der Waals surface area (Å²) in [4.78, 5) is 12.7. The van der Waals surface area contributed by atoms with Gasteiger partial charge in [-0.1, -0.05) is 33.6 Å². The Hall–Kier alpha value is -1.17. The zero-order valence-corrected chi connectivity index (χ0v) is 13.6. The largest absolute Gasteiger partial charge is 0.399 e. The zero-order chi connectivity index (χ0) is 14.5. The number of benzene rings is 2. The molecule has 0 radical (unpaired) electrons. The molecule has 0 saturated carbocycles. The number of carbonyl (C=O) groups excluding carboxylic acids is 1. The Morgan fingerprint density at radius 1 is 1.30 bits per heavy atom. The zero-order valence-electron chi connectivity index (χ0n) is 10.4. The van der Waals surface area contributed by atoms with Gasteiger partial charge in [-0.05, 0) is 36.4 Å². The van der Waals surface area contributed by atoms with Crippen LogP contribution in [0.15, 0.2) is 51.8 Å². The first-order valence-corrected chi connectivity index (χ1v) is 7.93. The summed E-state index contributed by atoms with van der Waals surface area (Å²) in [5.41, 5.74) is 7.08. The lowest BCUT2D eigenvalue weighted by molar-refractivity contribution is -0.113. The van der Waals surface area contributed by atoms with Crippen molar-refractivity contribution in [2.75, 3.05) is 16.8 Å². The maximum absolute atomic E-state index is 11.9. The molecule has 1 amide bonds. The monoisotopic (exact) mass is 370 g/mol. The molecule has 0 aliphatic carbocycles. The molecule has 2 rings (SSSR count). The van der Waals surface area contributed by atoms with E-state index < -0.39 is 0 Å². The van der Waals surface area contributed by atoms with Crippen LogP contribution in [0.3, 0.4) is 0 Å². The second-order valence-electron chi connectivity index (χ2n) is 4.04. The highest BCUT2D eigenvalue weighted by atomic mass is 79.9. The summed E-state index contributed by atoms with van der Waals surface area (Å²) < 4.78 is 0.918. The molecule has 0 saturated heterocycles. The van der Waals surface area contributed by atoms with Gasteiger partial charge >= 0.3 is 0 Å². The van der Waals surface area contributed by atoms with Crippen molar-refractivity contribution in [2.24, 2.45) is 0 Å². The molecular weight excluding hydrogens is 360 g/mol. The van der Waals surface area contributed by atoms with E-state index in [1.54, 1.807) is 18.2 Å². The average Bonchev–Trinajstić information content (AvgIpc) is 2.40. The maximum atomic E-state index is 11.9. The summed E-state index contributed by atoms with van der Waals surface area (Å²) in [5.74, 6) is 0.182. The van der Waals surface area contributed by atoms with E-state index in [4.69, 9.17) is 17.3 Å². The minimum absolute atomic E-state index is 0.0911. The normalized spacial score (nSPS) is 10.3. The second kappa shape index (κ2) is 7.02. The summed E-state index contributed by atoms with van der Waals surface area (Å²) in [5, 5.41) is 3.42. The minimum atomic E-state index is -0.0911. The van der Waals surface area contributed by atoms with Crippen LogP contribution in [0.4, 0.5) is 11.4 Å². The third-order valence-corrected chi connectivity index (χ3v) is 4.41. The SMILES string of the molecule is Nc1ccc(Cl)c(SCC(=O)Nc2cccc(Br)c2)c1. The summed E-state index contributed by atoms with van der Waals surface area (Å²) in [6.45, 7) is 0. The molecule has 3 nitrogen and oxygen atoms in total. The number of nitrogens with two attached hydrogens (primary N) is 1. The van der Waals surface area contributed by atoms with Gasteiger partial charge in [-0.15, -0.1) is 11.8 Å². The molecule has 6 heteroatoms. The van der Waals surface area contributed by atoms with Crippen LogP contribution in [0.5, 0.6) is 0 Å². The lowest BCUT2D eigenvalue weighted by atomic mass is 10.3. The second-order valence-corrected chi connectivity index (χ2v) is 6.38. The Morgan fingerprint density at radius 2 is 2.10 bits per heavy atom. The number of halogens is 2. The molecule has 0 fully saturated rings. The molecule has 2 aromatic rings. The van der Waals surface area contributed by atoms with Crippen LogP contribution >= 0.6 is 39.3 Å². The van der Waals surface area contributed by atoms with Crippen molar-refractivity contribution in [1.29, 1.82) is 0 Å². The third-order valence-electron chi connectivity index (χ3n) is 2.42. The van der Waals surface area contributed by atoms with Crippen LogP contribution in [-0.4, -0.2) is 11.7 Å². The van der Waals surface area contributed by atoms with Crippen molar-refractivity contribution in [3.63, 3.8) is 0 Å². The topological polar surface area (TPSA) is 55.1 Å². The van der Waals surface area contributed by atoms with Crippen molar-refractivity contribution in [1.82, 2.24) is 0 Å². The molecule has 0 spiro atoms. The van der Waals surface area contributed by atoms with Crippen molar-refractivity contribution in [2.45, 2.75) is 4.90 Å². The number of hydrogen-bond donors (Lipinski definition) is 2. The van der Waals surface area contributed by atoms with Gasteiger partial charge in [0.15, 0.2) is 0 Å². The van der Waals surface area contributed by atoms with Crippen LogP contribution in [-0.2, 0) is 4.79 Å². The molecule has 0 atom stereocenters. The Bertz CT molecular complexity index is 636. The van der Waals surface area contributed by atoms with Gasteiger partial charge in [0.1, 0.15) is 0 Å². The Labute approximate surface area is 135 Å². The molecule has 0 aliphatic heterocycles. The molecule has 0 aromatic heterocycles. The molecule has 2 aromatic carbocycles. The first kappa shape index (κ1) is 15.2. The van der Waals surface area contributed by atoms with E-state index in [2.05, 4.69) is 21.2 Å². The average molecular weight is 372 g/mol. The smallest absolute Gasteiger partial charge is 0.234 e. The van der Waals surface area contributed by atoms with Crippen LogP contribution in [0.1, 0.15) is 0 Å². The van der Waals surface area contributed by atoms with Crippen molar-refractivity contribution in [3.8, 4) is 0 Å². The van der Waals surface area contributed by atoms with Gasteiger partial charge in [-0.25, -0.2) is 0 Å². The standard InChI is InChI=1S/C14H12BrClN2OS/c15-9-2-1-3-11(6-9)18-14(19)8-20-13-7-10(17)4-5-12(13)16/h1-7H,8,17H2,(H,18,19). The highest BCUT2D eigenvalue weighted by molar-refractivity contribution is 9.10. The Morgan fingerprint density at radius 3 is 2.85 bits per heavy atom. The fourth-order valence-electron chi connectivity index (χ4n) is 1.54. The van der Waals surface area contributed by atoms with E-state index in [0.29, 0.717) is 10.7 Å². The van der Waals surface area contributed by atoms with E-state index in [1.807, 2.05) is 24.3 Å². The number of amides is 1. The molecule has 104 valence electrons. The first-order valence-electron chi connectivity index (χ1n) is 5.78.